The molecule has 0 fully saturated rings. The van der Waals surface area contributed by atoms with Crippen LogP contribution in [0.2, 0.25) is 0 Å². The number of aryl methyl sites for hydroxylation is 1. The van der Waals surface area contributed by atoms with Crippen LogP contribution in [0.5, 0.6) is 5.75 Å². The van der Waals surface area contributed by atoms with Crippen LogP contribution in [0.15, 0.2) is 18.2 Å². The summed E-state index contributed by atoms with van der Waals surface area (Å²) < 4.78 is 5.34. The molecule has 0 heterocycles. The predicted octanol–water partition coefficient (Wildman–Crippen LogP) is 3.85. The minimum absolute atomic E-state index is 0.528. The maximum atomic E-state index is 5.34. The highest BCUT2D eigenvalue weighted by atomic mass is 16.5. The van der Waals surface area contributed by atoms with Crippen molar-refractivity contribution in [3.8, 4) is 5.75 Å². The monoisotopic (exact) mass is 247 g/mol. The summed E-state index contributed by atoms with van der Waals surface area (Å²) in [4.78, 5) is 0. The van der Waals surface area contributed by atoms with Gasteiger partial charge < -0.3 is 10.1 Å². The molecule has 1 aromatic carbocycles. The number of rotatable bonds is 6. The summed E-state index contributed by atoms with van der Waals surface area (Å²) >= 11 is 0. The third-order valence-electron chi connectivity index (χ3n) is 3.84. The van der Waals surface area contributed by atoms with Gasteiger partial charge in [-0.25, -0.2) is 0 Å². The van der Waals surface area contributed by atoms with Crippen molar-refractivity contribution in [3.05, 3.63) is 29.3 Å². The first-order valence-electron chi connectivity index (χ1n) is 7.25. The van der Waals surface area contributed by atoms with Crippen molar-refractivity contribution in [1.29, 1.82) is 0 Å². The van der Waals surface area contributed by atoms with Crippen LogP contribution in [-0.2, 0) is 6.42 Å². The second kappa shape index (κ2) is 6.79. The third kappa shape index (κ3) is 3.26. The Bertz CT molecular complexity index is 375. The molecule has 2 nitrogen and oxygen atoms in total. The molecule has 0 bridgehead atoms. The van der Waals surface area contributed by atoms with E-state index in [1.165, 1.54) is 49.7 Å². The number of hydrogen-bond donors (Lipinski definition) is 1. The Balaban J connectivity index is 2.01. The molecule has 0 aliphatic heterocycles. The van der Waals surface area contributed by atoms with E-state index in [4.69, 9.17) is 4.74 Å². The van der Waals surface area contributed by atoms with Gasteiger partial charge in [0.25, 0.3) is 0 Å². The van der Waals surface area contributed by atoms with Crippen molar-refractivity contribution in [1.82, 2.24) is 5.32 Å². The molecule has 0 saturated carbocycles. The van der Waals surface area contributed by atoms with Crippen LogP contribution in [0.3, 0.4) is 0 Å². The normalized spacial score (nSPS) is 18.4. The molecule has 1 aliphatic carbocycles. The fraction of sp³-hybridized carbons (Fsp3) is 0.625. The quantitative estimate of drug-likeness (QED) is 0.771. The van der Waals surface area contributed by atoms with E-state index in [1.807, 2.05) is 0 Å². The maximum Gasteiger partial charge on any atom is 0.119 e. The first kappa shape index (κ1) is 13.4. The molecule has 18 heavy (non-hydrogen) atoms. The van der Waals surface area contributed by atoms with Crippen LogP contribution in [0.1, 0.15) is 56.2 Å². The van der Waals surface area contributed by atoms with Crippen LogP contribution < -0.4 is 10.1 Å². The van der Waals surface area contributed by atoms with Crippen LogP contribution in [0.25, 0.3) is 0 Å². The molecule has 1 aromatic rings. The summed E-state index contributed by atoms with van der Waals surface area (Å²) in [5.41, 5.74) is 2.95. The lowest BCUT2D eigenvalue weighted by Crippen LogP contribution is -2.26. The van der Waals surface area contributed by atoms with Gasteiger partial charge in [-0.05, 0) is 55.5 Å². The first-order chi connectivity index (χ1) is 8.85. The zero-order chi connectivity index (χ0) is 12.8. The van der Waals surface area contributed by atoms with Crippen molar-refractivity contribution in [3.63, 3.8) is 0 Å². The molecule has 2 heteroatoms. The fourth-order valence-corrected chi connectivity index (χ4v) is 2.77. The Kier molecular flexibility index (Phi) is 5.06. The number of methoxy groups -OCH3 is 1. The zero-order valence-corrected chi connectivity index (χ0v) is 11.7. The van der Waals surface area contributed by atoms with Crippen LogP contribution in [0, 0.1) is 0 Å². The summed E-state index contributed by atoms with van der Waals surface area (Å²) in [7, 11) is 1.74. The van der Waals surface area contributed by atoms with E-state index < -0.39 is 0 Å². The van der Waals surface area contributed by atoms with Gasteiger partial charge in [-0.15, -0.1) is 0 Å². The molecule has 1 atom stereocenters. The summed E-state index contributed by atoms with van der Waals surface area (Å²) in [6.07, 6.45) is 7.66. The van der Waals surface area contributed by atoms with Gasteiger partial charge in [-0.3, -0.25) is 0 Å². The van der Waals surface area contributed by atoms with Gasteiger partial charge in [0.15, 0.2) is 0 Å². The molecule has 0 amide bonds. The van der Waals surface area contributed by atoms with E-state index >= 15 is 0 Å². The highest BCUT2D eigenvalue weighted by molar-refractivity contribution is 5.39. The zero-order valence-electron chi connectivity index (χ0n) is 11.7. The number of unbranched alkanes of at least 4 members (excludes halogenated alkanes) is 2. The Hall–Kier alpha value is -1.02. The van der Waals surface area contributed by atoms with Gasteiger partial charge >= 0.3 is 0 Å². The third-order valence-corrected chi connectivity index (χ3v) is 3.84. The summed E-state index contributed by atoms with van der Waals surface area (Å²) in [5.74, 6) is 0.982. The Morgan fingerprint density at radius 2 is 2.22 bits per heavy atom. The van der Waals surface area contributed by atoms with Gasteiger partial charge in [0.1, 0.15) is 5.75 Å². The molecule has 1 unspecified atom stereocenters. The van der Waals surface area contributed by atoms with Crippen LogP contribution in [0.4, 0.5) is 0 Å². The Morgan fingerprint density at radius 1 is 1.33 bits per heavy atom. The second-order valence-corrected chi connectivity index (χ2v) is 5.17. The molecule has 0 aromatic heterocycles. The average molecular weight is 247 g/mol. The summed E-state index contributed by atoms with van der Waals surface area (Å²) in [6, 6.07) is 7.05. The van der Waals surface area contributed by atoms with Gasteiger partial charge in [0.05, 0.1) is 7.11 Å². The lowest BCUT2D eigenvalue weighted by atomic mass is 9.87. The average Bonchev–Trinajstić information content (AvgIpc) is 2.43. The van der Waals surface area contributed by atoms with Crippen molar-refractivity contribution < 1.29 is 4.74 Å². The van der Waals surface area contributed by atoms with E-state index in [2.05, 4.69) is 30.4 Å². The Morgan fingerprint density at radius 3 is 3.00 bits per heavy atom. The smallest absolute Gasteiger partial charge is 0.119 e. The second-order valence-electron chi connectivity index (χ2n) is 5.17. The standard InChI is InChI=1S/C16H25NO/c1-3-4-5-11-17-16-8-6-7-13-9-10-14(18-2)12-15(13)16/h9-10,12,16-17H,3-8,11H2,1-2H3. The number of fused-ring (bicyclic) bond motifs is 1. The number of ether oxygens (including phenoxy) is 1. The summed E-state index contributed by atoms with van der Waals surface area (Å²) in [6.45, 7) is 3.38. The molecule has 1 aliphatic rings. The number of benzene rings is 1. The van der Waals surface area contributed by atoms with Crippen LogP contribution in [-0.4, -0.2) is 13.7 Å². The van der Waals surface area contributed by atoms with E-state index in [1.54, 1.807) is 7.11 Å². The molecule has 0 radical (unpaired) electrons. The van der Waals surface area contributed by atoms with Crippen molar-refractivity contribution in [2.24, 2.45) is 0 Å². The van der Waals surface area contributed by atoms with Gasteiger partial charge in [0.2, 0.25) is 0 Å². The SMILES string of the molecule is CCCCCNC1CCCc2ccc(OC)cc21. The lowest BCUT2D eigenvalue weighted by molar-refractivity contribution is 0.408. The highest BCUT2D eigenvalue weighted by Crippen LogP contribution is 2.32. The van der Waals surface area contributed by atoms with Crippen molar-refractivity contribution >= 4 is 0 Å². The molecule has 100 valence electrons. The van der Waals surface area contributed by atoms with Gasteiger partial charge in [0, 0.05) is 6.04 Å². The van der Waals surface area contributed by atoms with Crippen molar-refractivity contribution in [2.75, 3.05) is 13.7 Å². The largest absolute Gasteiger partial charge is 0.497 e. The molecular weight excluding hydrogens is 222 g/mol. The first-order valence-corrected chi connectivity index (χ1v) is 7.25. The summed E-state index contributed by atoms with van der Waals surface area (Å²) in [5, 5.41) is 3.71. The molecule has 0 spiro atoms. The fourth-order valence-electron chi connectivity index (χ4n) is 2.77. The van der Waals surface area contributed by atoms with Gasteiger partial charge in [-0.1, -0.05) is 25.8 Å². The minimum atomic E-state index is 0.528. The predicted molar refractivity (Wildman–Crippen MR) is 76.2 cm³/mol. The number of nitrogens with one attached hydrogen (secondary N) is 1. The van der Waals surface area contributed by atoms with E-state index in [0.717, 1.165) is 12.3 Å². The van der Waals surface area contributed by atoms with E-state index in [9.17, 15) is 0 Å². The topological polar surface area (TPSA) is 21.3 Å². The van der Waals surface area contributed by atoms with Gasteiger partial charge in [-0.2, -0.15) is 0 Å². The van der Waals surface area contributed by atoms with Crippen LogP contribution >= 0.6 is 0 Å². The highest BCUT2D eigenvalue weighted by Gasteiger charge is 2.19. The number of hydrogen-bond acceptors (Lipinski definition) is 2. The minimum Gasteiger partial charge on any atom is -0.497 e. The van der Waals surface area contributed by atoms with Crippen molar-refractivity contribution in [2.45, 2.75) is 51.5 Å². The molecule has 0 saturated heterocycles. The molecule has 2 rings (SSSR count). The molecule has 1 N–H and O–H groups in total. The Labute approximate surface area is 111 Å². The lowest BCUT2D eigenvalue weighted by Gasteiger charge is -2.27. The van der Waals surface area contributed by atoms with E-state index in [0.29, 0.717) is 6.04 Å². The van der Waals surface area contributed by atoms with E-state index in [-0.39, 0.29) is 0 Å². The molecular formula is C16H25NO. The maximum absolute atomic E-state index is 5.34.